The lowest BCUT2D eigenvalue weighted by Gasteiger charge is -2.35. The van der Waals surface area contributed by atoms with Crippen LogP contribution in [0.4, 0.5) is 39.7 Å². The summed E-state index contributed by atoms with van der Waals surface area (Å²) in [5.74, 6) is -1.20. The minimum Gasteiger partial charge on any atom is -0.366 e. The molecule has 0 saturated carbocycles. The molecular formula is C20H20F4N6O2. The first-order chi connectivity index (χ1) is 15.0. The summed E-state index contributed by atoms with van der Waals surface area (Å²) >= 11 is 0. The summed E-state index contributed by atoms with van der Waals surface area (Å²) < 4.78 is 51.9. The number of halogens is 4. The lowest BCUT2D eigenvalue weighted by Crippen LogP contribution is -2.49. The molecule has 12 heteroatoms. The van der Waals surface area contributed by atoms with Crippen LogP contribution >= 0.6 is 0 Å². The highest BCUT2D eigenvalue weighted by atomic mass is 19.4. The number of carbonyl (C=O) groups excluding carboxylic acids is 2. The summed E-state index contributed by atoms with van der Waals surface area (Å²) in [6.07, 6.45) is -3.95. The summed E-state index contributed by atoms with van der Waals surface area (Å²) in [5, 5.41) is 4.48. The Hall–Kier alpha value is -3.44. The van der Waals surface area contributed by atoms with Crippen LogP contribution in [0.15, 0.2) is 24.3 Å². The molecule has 2 N–H and O–H groups in total. The number of fused-ring (bicyclic) bond motifs is 4. The molecule has 1 saturated heterocycles. The van der Waals surface area contributed by atoms with Gasteiger partial charge in [0.25, 0.3) is 5.91 Å². The second-order valence-corrected chi connectivity index (χ2v) is 7.73. The number of nitrogens with zero attached hydrogens (tertiary/aromatic N) is 4. The Morgan fingerprint density at radius 2 is 1.94 bits per heavy atom. The van der Waals surface area contributed by atoms with Gasteiger partial charge in [0.05, 0.1) is 17.4 Å². The molecule has 0 aliphatic carbocycles. The van der Waals surface area contributed by atoms with Gasteiger partial charge in [-0.2, -0.15) is 13.2 Å². The molecule has 1 fully saturated rings. The number of amides is 3. The SMILES string of the molecule is Cc1nc(NC(=O)N2c3nc(C(=O)NC(C)C(F)(F)F)ccc3N3CC[C@H]2C3)ccc1F. The zero-order valence-corrected chi connectivity index (χ0v) is 17.2. The molecular weight excluding hydrogens is 432 g/mol. The van der Waals surface area contributed by atoms with E-state index in [4.69, 9.17) is 0 Å². The molecule has 4 rings (SSSR count). The zero-order valence-electron chi connectivity index (χ0n) is 17.2. The van der Waals surface area contributed by atoms with Gasteiger partial charge in [-0.3, -0.25) is 15.0 Å². The van der Waals surface area contributed by atoms with Crippen molar-refractivity contribution >= 4 is 29.3 Å². The quantitative estimate of drug-likeness (QED) is 0.698. The summed E-state index contributed by atoms with van der Waals surface area (Å²) in [7, 11) is 0. The van der Waals surface area contributed by atoms with Crippen LogP contribution in [0.3, 0.4) is 0 Å². The monoisotopic (exact) mass is 452 g/mol. The van der Waals surface area contributed by atoms with E-state index in [0.717, 1.165) is 6.92 Å². The normalized spacial score (nSPS) is 18.2. The second kappa shape index (κ2) is 7.92. The number of hydrogen-bond donors (Lipinski definition) is 2. The van der Waals surface area contributed by atoms with E-state index >= 15 is 0 Å². The fourth-order valence-electron chi connectivity index (χ4n) is 3.73. The van der Waals surface area contributed by atoms with Crippen molar-refractivity contribution < 1.29 is 27.2 Å². The van der Waals surface area contributed by atoms with Gasteiger partial charge in [0.1, 0.15) is 23.4 Å². The van der Waals surface area contributed by atoms with Crippen LogP contribution < -0.4 is 20.4 Å². The van der Waals surface area contributed by atoms with Crippen LogP contribution in [0.25, 0.3) is 0 Å². The maximum atomic E-state index is 13.5. The molecule has 3 amide bonds. The van der Waals surface area contributed by atoms with E-state index in [1.54, 1.807) is 6.07 Å². The highest BCUT2D eigenvalue weighted by Gasteiger charge is 2.41. The first kappa shape index (κ1) is 21.8. The van der Waals surface area contributed by atoms with Crippen molar-refractivity contribution in [1.29, 1.82) is 0 Å². The van der Waals surface area contributed by atoms with Gasteiger partial charge in [-0.25, -0.2) is 19.2 Å². The molecule has 0 aromatic carbocycles. The fraction of sp³-hybridized carbons (Fsp3) is 0.400. The molecule has 2 aliphatic heterocycles. The number of anilines is 3. The molecule has 2 aromatic heterocycles. The van der Waals surface area contributed by atoms with E-state index in [9.17, 15) is 27.2 Å². The van der Waals surface area contributed by atoms with Gasteiger partial charge >= 0.3 is 12.2 Å². The number of aryl methyl sites for hydroxylation is 1. The molecule has 4 heterocycles. The number of carbonyl (C=O) groups is 2. The predicted molar refractivity (Wildman–Crippen MR) is 108 cm³/mol. The molecule has 170 valence electrons. The zero-order chi connectivity index (χ0) is 23.2. The minimum absolute atomic E-state index is 0.116. The Labute approximate surface area is 180 Å². The van der Waals surface area contributed by atoms with E-state index in [1.165, 1.54) is 30.0 Å². The van der Waals surface area contributed by atoms with E-state index in [1.807, 2.05) is 10.2 Å². The van der Waals surface area contributed by atoms with Gasteiger partial charge in [-0.05, 0) is 44.5 Å². The topological polar surface area (TPSA) is 90.5 Å². The van der Waals surface area contributed by atoms with Crippen molar-refractivity contribution in [2.24, 2.45) is 0 Å². The smallest absolute Gasteiger partial charge is 0.366 e. The van der Waals surface area contributed by atoms with E-state index in [-0.39, 0.29) is 29.1 Å². The highest BCUT2D eigenvalue weighted by molar-refractivity contribution is 6.05. The Kier molecular flexibility index (Phi) is 5.39. The maximum Gasteiger partial charge on any atom is 0.408 e. The van der Waals surface area contributed by atoms with Crippen molar-refractivity contribution in [2.45, 2.75) is 38.5 Å². The average molecular weight is 452 g/mol. The Morgan fingerprint density at radius 1 is 1.19 bits per heavy atom. The van der Waals surface area contributed by atoms with Gasteiger partial charge in [0.15, 0.2) is 5.82 Å². The largest absolute Gasteiger partial charge is 0.408 e. The first-order valence-corrected chi connectivity index (χ1v) is 9.91. The van der Waals surface area contributed by atoms with Crippen LogP contribution in [0.2, 0.25) is 0 Å². The average Bonchev–Trinajstić information content (AvgIpc) is 3.14. The molecule has 32 heavy (non-hydrogen) atoms. The number of pyridine rings is 2. The Balaban J connectivity index is 1.63. The second-order valence-electron chi connectivity index (χ2n) is 7.73. The molecule has 2 bridgehead atoms. The van der Waals surface area contributed by atoms with Crippen LogP contribution in [-0.2, 0) is 0 Å². The van der Waals surface area contributed by atoms with E-state index < -0.39 is 30.0 Å². The highest BCUT2D eigenvalue weighted by Crippen LogP contribution is 2.39. The standard InChI is InChI=1S/C20H20F4N6O2/c1-10-13(21)3-6-16(25-10)28-19(32)30-12-7-8-29(9-12)15-5-4-14(27-17(15)30)18(31)26-11(2)20(22,23)24/h3-6,11-12H,7-9H2,1-2H3,(H,26,31)(H,25,28,32)/t11?,12-/m0/s1. The van der Waals surface area contributed by atoms with Gasteiger partial charge in [0.2, 0.25) is 0 Å². The van der Waals surface area contributed by atoms with Gasteiger partial charge in [-0.1, -0.05) is 0 Å². The number of alkyl halides is 3. The molecule has 0 spiro atoms. The van der Waals surface area contributed by atoms with Crippen LogP contribution in [0.5, 0.6) is 0 Å². The van der Waals surface area contributed by atoms with Crippen molar-refractivity contribution in [2.75, 3.05) is 28.2 Å². The number of rotatable bonds is 3. The van der Waals surface area contributed by atoms with E-state index in [2.05, 4.69) is 15.3 Å². The molecule has 0 radical (unpaired) electrons. The summed E-state index contributed by atoms with van der Waals surface area (Å²) in [5.41, 5.74) is 0.471. The predicted octanol–water partition coefficient (Wildman–Crippen LogP) is 3.24. The minimum atomic E-state index is -4.60. The third-order valence-electron chi connectivity index (χ3n) is 5.50. The lowest BCUT2D eigenvalue weighted by atomic mass is 10.1. The molecule has 2 aromatic rings. The number of nitrogens with one attached hydrogen (secondary N) is 2. The molecule has 2 atom stereocenters. The van der Waals surface area contributed by atoms with Crippen LogP contribution in [0.1, 0.15) is 29.5 Å². The Morgan fingerprint density at radius 3 is 2.62 bits per heavy atom. The van der Waals surface area contributed by atoms with E-state index in [0.29, 0.717) is 25.2 Å². The molecule has 1 unspecified atom stereocenters. The summed E-state index contributed by atoms with van der Waals surface area (Å²) in [6.45, 7) is 3.51. The molecule has 8 nitrogen and oxygen atoms in total. The van der Waals surface area contributed by atoms with Gasteiger partial charge in [-0.15, -0.1) is 0 Å². The Bertz CT molecular complexity index is 1080. The summed E-state index contributed by atoms with van der Waals surface area (Å²) in [4.78, 5) is 37.0. The first-order valence-electron chi connectivity index (χ1n) is 9.91. The maximum absolute atomic E-state index is 13.5. The lowest BCUT2D eigenvalue weighted by molar-refractivity contribution is -0.149. The number of urea groups is 1. The third kappa shape index (κ3) is 4.04. The fourth-order valence-corrected chi connectivity index (χ4v) is 3.73. The number of hydrogen-bond acceptors (Lipinski definition) is 5. The third-order valence-corrected chi connectivity index (χ3v) is 5.50. The number of aromatic nitrogens is 2. The van der Waals surface area contributed by atoms with Crippen molar-refractivity contribution in [1.82, 2.24) is 15.3 Å². The van der Waals surface area contributed by atoms with Crippen molar-refractivity contribution in [3.63, 3.8) is 0 Å². The van der Waals surface area contributed by atoms with Crippen LogP contribution in [0, 0.1) is 12.7 Å². The van der Waals surface area contributed by atoms with Crippen molar-refractivity contribution in [3.8, 4) is 0 Å². The van der Waals surface area contributed by atoms with Crippen molar-refractivity contribution in [3.05, 3.63) is 41.5 Å². The van der Waals surface area contributed by atoms with Gasteiger partial charge in [0, 0.05) is 13.1 Å². The summed E-state index contributed by atoms with van der Waals surface area (Å²) in [6, 6.07) is 2.52. The van der Waals surface area contributed by atoms with Crippen LogP contribution in [-0.4, -0.2) is 53.3 Å². The molecule has 2 aliphatic rings. The van der Waals surface area contributed by atoms with Gasteiger partial charge < -0.3 is 10.2 Å².